The zero-order valence-corrected chi connectivity index (χ0v) is 15.1. The van der Waals surface area contributed by atoms with Crippen molar-refractivity contribution >= 4 is 5.71 Å². The van der Waals surface area contributed by atoms with Gasteiger partial charge >= 0.3 is 0 Å². The molecule has 0 bridgehead atoms. The third-order valence-corrected chi connectivity index (χ3v) is 7.18. The van der Waals surface area contributed by atoms with Gasteiger partial charge in [-0.1, -0.05) is 24.9 Å². The lowest BCUT2D eigenvalue weighted by atomic mass is 9.54. The maximum atomic E-state index is 5.46. The van der Waals surface area contributed by atoms with Gasteiger partial charge in [0.25, 0.3) is 0 Å². The predicted octanol–water partition coefficient (Wildman–Crippen LogP) is 4.94. The SMILES string of the molecule is CC[C@@]12CCC[C@H]1[C@@H]1C/C(=N\OC)c3c[c]c(OC)cc3[C@H]1CC2. The number of hydrogen-bond donors (Lipinski definition) is 0. The predicted molar refractivity (Wildman–Crippen MR) is 95.5 cm³/mol. The maximum Gasteiger partial charge on any atom is 0.127 e. The molecule has 0 heterocycles. The third-order valence-electron chi connectivity index (χ3n) is 7.18. The van der Waals surface area contributed by atoms with E-state index in [1.54, 1.807) is 14.2 Å². The van der Waals surface area contributed by atoms with Gasteiger partial charge in [-0.15, -0.1) is 0 Å². The van der Waals surface area contributed by atoms with Crippen LogP contribution in [0.3, 0.4) is 0 Å². The molecular formula is C21H28NO2. The zero-order valence-electron chi connectivity index (χ0n) is 15.1. The molecule has 0 N–H and O–H groups in total. The van der Waals surface area contributed by atoms with E-state index in [0.29, 0.717) is 17.3 Å². The van der Waals surface area contributed by atoms with Crippen molar-refractivity contribution in [2.24, 2.45) is 22.4 Å². The van der Waals surface area contributed by atoms with Crippen LogP contribution in [0.25, 0.3) is 0 Å². The van der Waals surface area contributed by atoms with E-state index in [0.717, 1.165) is 23.8 Å². The van der Waals surface area contributed by atoms with Gasteiger partial charge in [-0.05, 0) is 73.0 Å². The van der Waals surface area contributed by atoms with E-state index in [1.807, 2.05) is 0 Å². The molecule has 0 amide bonds. The van der Waals surface area contributed by atoms with Crippen LogP contribution < -0.4 is 4.74 Å². The normalized spacial score (nSPS) is 36.0. The molecule has 1 aromatic carbocycles. The van der Waals surface area contributed by atoms with Gasteiger partial charge in [-0.2, -0.15) is 0 Å². The summed E-state index contributed by atoms with van der Waals surface area (Å²) >= 11 is 0. The lowest BCUT2D eigenvalue weighted by Crippen LogP contribution is -2.42. The molecule has 2 fully saturated rings. The van der Waals surface area contributed by atoms with Crippen LogP contribution >= 0.6 is 0 Å². The molecule has 3 aliphatic rings. The Bertz CT molecular complexity index is 653. The second kappa shape index (κ2) is 6.09. The summed E-state index contributed by atoms with van der Waals surface area (Å²) in [7, 11) is 3.38. The Balaban J connectivity index is 1.79. The van der Waals surface area contributed by atoms with E-state index in [9.17, 15) is 0 Å². The molecular weight excluding hydrogens is 298 g/mol. The van der Waals surface area contributed by atoms with Crippen LogP contribution in [0, 0.1) is 23.3 Å². The molecule has 0 aromatic heterocycles. The molecule has 4 rings (SSSR count). The molecule has 3 nitrogen and oxygen atoms in total. The fourth-order valence-corrected chi connectivity index (χ4v) is 6.06. The van der Waals surface area contributed by atoms with Gasteiger partial charge in [0.2, 0.25) is 0 Å². The highest BCUT2D eigenvalue weighted by Gasteiger charge is 2.52. The highest BCUT2D eigenvalue weighted by molar-refractivity contribution is 6.03. The van der Waals surface area contributed by atoms with Crippen LogP contribution in [0.2, 0.25) is 0 Å². The fraction of sp³-hybridized carbons (Fsp3) is 0.667. The first kappa shape index (κ1) is 16.0. The van der Waals surface area contributed by atoms with Gasteiger partial charge in [0.1, 0.15) is 12.9 Å². The van der Waals surface area contributed by atoms with E-state index < -0.39 is 0 Å². The van der Waals surface area contributed by atoms with Crippen molar-refractivity contribution < 1.29 is 9.57 Å². The Hall–Kier alpha value is -1.51. The average molecular weight is 326 g/mol. The number of methoxy groups -OCH3 is 1. The lowest BCUT2D eigenvalue weighted by molar-refractivity contribution is 0.0506. The van der Waals surface area contributed by atoms with Crippen molar-refractivity contribution in [3.63, 3.8) is 0 Å². The molecule has 1 radical (unpaired) electrons. The van der Waals surface area contributed by atoms with Crippen LogP contribution in [0.5, 0.6) is 5.75 Å². The summed E-state index contributed by atoms with van der Waals surface area (Å²) in [6.45, 7) is 2.40. The van der Waals surface area contributed by atoms with Gasteiger partial charge in [-0.3, -0.25) is 0 Å². The molecule has 0 aliphatic heterocycles. The van der Waals surface area contributed by atoms with Gasteiger partial charge < -0.3 is 9.57 Å². The molecule has 24 heavy (non-hydrogen) atoms. The van der Waals surface area contributed by atoms with Crippen molar-refractivity contribution in [2.75, 3.05) is 14.2 Å². The quantitative estimate of drug-likeness (QED) is 0.737. The summed E-state index contributed by atoms with van der Waals surface area (Å²) < 4.78 is 5.46. The highest BCUT2D eigenvalue weighted by atomic mass is 16.6. The minimum absolute atomic E-state index is 0.585. The highest BCUT2D eigenvalue weighted by Crippen LogP contribution is 2.62. The number of ether oxygens (including phenoxy) is 1. The number of hydrogen-bond acceptors (Lipinski definition) is 3. The topological polar surface area (TPSA) is 30.8 Å². The van der Waals surface area contributed by atoms with Gasteiger partial charge in [-0.25, -0.2) is 0 Å². The van der Waals surface area contributed by atoms with Crippen LogP contribution in [-0.4, -0.2) is 19.9 Å². The first-order valence-corrected chi connectivity index (χ1v) is 9.42. The van der Waals surface area contributed by atoms with Crippen molar-refractivity contribution in [3.8, 4) is 5.75 Å². The number of rotatable bonds is 3. The molecule has 0 saturated heterocycles. The Kier molecular flexibility index (Phi) is 4.06. The summed E-state index contributed by atoms with van der Waals surface area (Å²) in [4.78, 5) is 5.18. The molecule has 129 valence electrons. The summed E-state index contributed by atoms with van der Waals surface area (Å²) in [5.41, 5.74) is 4.32. The Morgan fingerprint density at radius 1 is 1.29 bits per heavy atom. The largest absolute Gasteiger partial charge is 0.496 e. The van der Waals surface area contributed by atoms with Gasteiger partial charge in [0.05, 0.1) is 12.8 Å². The number of oxime groups is 1. The Labute approximate surface area is 145 Å². The smallest absolute Gasteiger partial charge is 0.127 e. The molecule has 1 aromatic rings. The summed E-state index contributed by atoms with van der Waals surface area (Å²) in [6.07, 6.45) is 9.28. The summed E-state index contributed by atoms with van der Waals surface area (Å²) in [5, 5.41) is 4.39. The van der Waals surface area contributed by atoms with Crippen LogP contribution in [0.4, 0.5) is 0 Å². The molecule has 4 atom stereocenters. The van der Waals surface area contributed by atoms with Crippen molar-refractivity contribution in [1.82, 2.24) is 0 Å². The summed E-state index contributed by atoms with van der Waals surface area (Å²) in [6, 6.07) is 7.49. The summed E-state index contributed by atoms with van der Waals surface area (Å²) in [5.74, 6) is 3.02. The Morgan fingerprint density at radius 2 is 2.17 bits per heavy atom. The molecule has 3 heteroatoms. The Morgan fingerprint density at radius 3 is 2.92 bits per heavy atom. The van der Waals surface area contributed by atoms with Crippen molar-refractivity contribution in [2.45, 2.75) is 57.8 Å². The van der Waals surface area contributed by atoms with Crippen molar-refractivity contribution in [3.05, 3.63) is 29.3 Å². The molecule has 2 saturated carbocycles. The van der Waals surface area contributed by atoms with E-state index in [2.05, 4.69) is 30.3 Å². The van der Waals surface area contributed by atoms with E-state index in [-0.39, 0.29) is 0 Å². The first-order chi connectivity index (χ1) is 11.7. The second-order valence-corrected chi connectivity index (χ2v) is 7.82. The minimum Gasteiger partial charge on any atom is -0.496 e. The monoisotopic (exact) mass is 326 g/mol. The number of benzene rings is 1. The average Bonchev–Trinajstić information content (AvgIpc) is 3.06. The molecule has 0 spiro atoms. The van der Waals surface area contributed by atoms with Gasteiger partial charge in [0, 0.05) is 11.6 Å². The maximum absolute atomic E-state index is 5.46. The minimum atomic E-state index is 0.585. The molecule has 0 unspecified atom stereocenters. The second-order valence-electron chi connectivity index (χ2n) is 7.82. The van der Waals surface area contributed by atoms with Crippen LogP contribution in [-0.2, 0) is 4.84 Å². The van der Waals surface area contributed by atoms with Crippen LogP contribution in [0.15, 0.2) is 17.3 Å². The van der Waals surface area contributed by atoms with Crippen LogP contribution in [0.1, 0.15) is 68.9 Å². The number of nitrogens with zero attached hydrogens (tertiary/aromatic N) is 1. The third kappa shape index (κ3) is 2.28. The van der Waals surface area contributed by atoms with Crippen molar-refractivity contribution in [1.29, 1.82) is 0 Å². The fourth-order valence-electron chi connectivity index (χ4n) is 6.06. The lowest BCUT2D eigenvalue weighted by Gasteiger charge is -2.50. The van der Waals surface area contributed by atoms with E-state index in [1.165, 1.54) is 49.7 Å². The first-order valence-electron chi connectivity index (χ1n) is 9.42. The van der Waals surface area contributed by atoms with E-state index >= 15 is 0 Å². The molecule has 3 aliphatic carbocycles. The standard InChI is InChI=1S/C21H28NO2/c1-4-21-10-5-6-19(21)18-13-20(22-24-3)16-8-7-14(23-2)12-17(16)15(18)9-11-21/h8,12,15,18-19H,4-6,9-11,13H2,1-3H3/b22-20+/t15-,18-,19+,21+/m1/s1. The van der Waals surface area contributed by atoms with E-state index in [4.69, 9.17) is 9.57 Å². The van der Waals surface area contributed by atoms with Gasteiger partial charge in [0.15, 0.2) is 0 Å². The number of fused-ring (bicyclic) bond motifs is 5. The zero-order chi connectivity index (χ0) is 16.7.